The number of oxime groups is 1. The summed E-state index contributed by atoms with van der Waals surface area (Å²) in [7, 11) is 2.70. The number of hydrogen-bond donors (Lipinski definition) is 2. The summed E-state index contributed by atoms with van der Waals surface area (Å²) in [5, 5.41) is 25.9. The number of ketones is 1. The third-order valence-corrected chi connectivity index (χ3v) is 12.0. The number of thiophene rings is 1. The first kappa shape index (κ1) is 28.6. The highest BCUT2D eigenvalue weighted by molar-refractivity contribution is 7.43. The van der Waals surface area contributed by atoms with Crippen molar-refractivity contribution in [3.8, 4) is 0 Å². The number of allylic oxidation sites excluding steroid dienone is 4. The number of hydrogen-bond acceptors (Lipinski definition) is 8. The monoisotopic (exact) mass is 591 g/mol. The molecule has 5 aliphatic rings. The van der Waals surface area contributed by atoms with Gasteiger partial charge in [0, 0.05) is 32.7 Å². The number of carbonyl (C=O) groups is 1. The molecule has 4 aliphatic carbocycles. The fourth-order valence-electron chi connectivity index (χ4n) is 8.79. The van der Waals surface area contributed by atoms with E-state index in [9.17, 15) is 15.0 Å². The number of rotatable bonds is 6. The number of carbonyl (C=O) groups excluding carboxylic acids is 1. The Labute approximate surface area is 241 Å². The highest BCUT2D eigenvalue weighted by Gasteiger charge is 2.79. The number of aliphatic hydroxyl groups is 2. The number of aliphatic hydroxyl groups excluding tert-OH is 2. The van der Waals surface area contributed by atoms with Crippen molar-refractivity contribution in [2.75, 3.05) is 13.2 Å². The third kappa shape index (κ3) is 3.84. The molecular formula is C30H39FNO6PS. The maximum Gasteiger partial charge on any atom is 0.193 e. The van der Waals surface area contributed by atoms with Gasteiger partial charge in [-0.05, 0) is 76.7 Å². The van der Waals surface area contributed by atoms with Crippen molar-refractivity contribution in [2.24, 2.45) is 27.8 Å². The van der Waals surface area contributed by atoms with Crippen LogP contribution in [0, 0.1) is 22.7 Å². The summed E-state index contributed by atoms with van der Waals surface area (Å²) in [5.74, 6) is -2.25. The van der Waals surface area contributed by atoms with E-state index in [4.69, 9.17) is 14.3 Å². The number of ether oxygens (including phenoxy) is 2. The molecule has 40 heavy (non-hydrogen) atoms. The van der Waals surface area contributed by atoms with Gasteiger partial charge in [0.15, 0.2) is 22.8 Å². The first-order chi connectivity index (χ1) is 18.8. The molecule has 0 aromatic carbocycles. The van der Waals surface area contributed by atoms with E-state index in [0.29, 0.717) is 31.6 Å². The average Bonchev–Trinajstić information content (AvgIpc) is 3.51. The maximum absolute atomic E-state index is 17.7. The molecule has 2 N–H and O–H groups in total. The Balaban J connectivity index is 1.27. The molecule has 7 nitrogen and oxygen atoms in total. The number of Topliss-reactive ketones (excluding diaryl/α,β-unsaturated/α-hetero) is 1. The van der Waals surface area contributed by atoms with Gasteiger partial charge in [-0.3, -0.25) is 4.79 Å². The topological polar surface area (TPSA) is 97.6 Å². The summed E-state index contributed by atoms with van der Waals surface area (Å²) in [6, 6.07) is 4.13. The van der Waals surface area contributed by atoms with Crippen molar-refractivity contribution >= 4 is 36.7 Å². The van der Waals surface area contributed by atoms with Gasteiger partial charge in [-0.2, -0.15) is 0 Å². The van der Waals surface area contributed by atoms with Crippen LogP contribution in [0.3, 0.4) is 0 Å². The molecule has 4 fully saturated rings. The number of nitrogens with zero attached hydrogens (tertiary/aromatic N) is 1. The second-order valence-electron chi connectivity index (χ2n) is 12.9. The normalized spacial score (nSPS) is 44.0. The van der Waals surface area contributed by atoms with Crippen LogP contribution in [0.5, 0.6) is 0 Å². The van der Waals surface area contributed by atoms with Gasteiger partial charge in [-0.15, -0.1) is 11.3 Å². The van der Waals surface area contributed by atoms with Crippen LogP contribution < -0.4 is 4.62 Å². The van der Waals surface area contributed by atoms with Crippen molar-refractivity contribution < 1.29 is 33.7 Å². The number of halogens is 1. The fourth-order valence-corrected chi connectivity index (χ4v) is 10.1. The van der Waals surface area contributed by atoms with E-state index in [1.165, 1.54) is 9.50 Å². The lowest BCUT2D eigenvalue weighted by Gasteiger charge is -2.62. The van der Waals surface area contributed by atoms with Crippen molar-refractivity contribution in [1.29, 1.82) is 0 Å². The molecule has 1 aromatic heterocycles. The predicted molar refractivity (Wildman–Crippen MR) is 154 cm³/mol. The Hall–Kier alpha value is -1.48. The SMILES string of the molecule is CC1(C)O[C@@H]2C[C@H]3[C@@H]4CCC5=C/C(=N/OCCc6ccc(P)s6)C=C[C@]5(C)[C@@]4(F)[C@@H](O)C[C@]3(C)[C@]2(C(=O)CO)O1. The minimum atomic E-state index is -1.95. The van der Waals surface area contributed by atoms with Gasteiger partial charge in [0.2, 0.25) is 0 Å². The van der Waals surface area contributed by atoms with Gasteiger partial charge in [-0.1, -0.05) is 33.0 Å². The van der Waals surface area contributed by atoms with E-state index >= 15 is 4.39 Å². The lowest BCUT2D eigenvalue weighted by atomic mass is 9.44. The Morgan fingerprint density at radius 1 is 1.27 bits per heavy atom. The van der Waals surface area contributed by atoms with Gasteiger partial charge in [0.05, 0.1) is 12.2 Å². The fraction of sp³-hybridized carbons (Fsp3) is 0.667. The first-order valence-corrected chi connectivity index (χ1v) is 15.5. The third-order valence-electron chi connectivity index (χ3n) is 10.5. The molecule has 0 spiro atoms. The molecule has 1 aromatic rings. The van der Waals surface area contributed by atoms with E-state index in [2.05, 4.69) is 26.5 Å². The van der Waals surface area contributed by atoms with Gasteiger partial charge in [0.1, 0.15) is 18.9 Å². The minimum Gasteiger partial charge on any atom is -0.395 e. The van der Waals surface area contributed by atoms with Crippen LogP contribution in [0.1, 0.15) is 58.3 Å². The highest BCUT2D eigenvalue weighted by atomic mass is 32.1. The average molecular weight is 592 g/mol. The molecule has 218 valence electrons. The van der Waals surface area contributed by atoms with Crippen molar-refractivity contribution in [3.63, 3.8) is 0 Å². The van der Waals surface area contributed by atoms with Crippen LogP contribution in [-0.4, -0.2) is 64.2 Å². The maximum atomic E-state index is 17.7. The number of alkyl halides is 1. The van der Waals surface area contributed by atoms with Crippen molar-refractivity contribution in [3.05, 3.63) is 40.8 Å². The predicted octanol–water partition coefficient (Wildman–Crippen LogP) is 4.03. The first-order valence-electron chi connectivity index (χ1n) is 14.1. The highest BCUT2D eigenvalue weighted by Crippen LogP contribution is 2.72. The second kappa shape index (κ2) is 9.51. The molecule has 1 unspecified atom stereocenters. The van der Waals surface area contributed by atoms with E-state index < -0.39 is 58.4 Å². The second-order valence-corrected chi connectivity index (χ2v) is 15.2. The van der Waals surface area contributed by atoms with E-state index in [1.54, 1.807) is 31.3 Å². The quantitative estimate of drug-likeness (QED) is 0.295. The summed E-state index contributed by atoms with van der Waals surface area (Å²) >= 11 is 1.71. The molecule has 2 heterocycles. The zero-order chi connectivity index (χ0) is 28.7. The van der Waals surface area contributed by atoms with E-state index in [1.807, 2.05) is 26.0 Å². The minimum absolute atomic E-state index is 0.0355. The van der Waals surface area contributed by atoms with Crippen LogP contribution in [0.4, 0.5) is 4.39 Å². The lowest BCUT2D eigenvalue weighted by Crippen LogP contribution is -2.70. The molecule has 0 radical (unpaired) electrons. The summed E-state index contributed by atoms with van der Waals surface area (Å²) in [4.78, 5) is 20.2. The zero-order valence-corrected chi connectivity index (χ0v) is 25.5. The van der Waals surface area contributed by atoms with Crippen LogP contribution in [0.2, 0.25) is 0 Å². The van der Waals surface area contributed by atoms with Gasteiger partial charge in [-0.25, -0.2) is 4.39 Å². The van der Waals surface area contributed by atoms with Crippen LogP contribution in [0.25, 0.3) is 0 Å². The van der Waals surface area contributed by atoms with Crippen LogP contribution in [-0.2, 0) is 25.5 Å². The summed E-state index contributed by atoms with van der Waals surface area (Å²) in [6.45, 7) is 7.05. The molecule has 9 atom stereocenters. The molecule has 10 heteroatoms. The smallest absolute Gasteiger partial charge is 0.193 e. The summed E-state index contributed by atoms with van der Waals surface area (Å²) in [6.07, 6.45) is 5.98. The molecule has 6 rings (SSSR count). The van der Waals surface area contributed by atoms with E-state index in [0.717, 1.165) is 12.0 Å². The molecule has 0 bridgehead atoms. The van der Waals surface area contributed by atoms with Crippen molar-refractivity contribution in [1.82, 2.24) is 0 Å². The zero-order valence-electron chi connectivity index (χ0n) is 23.5. The lowest BCUT2D eigenvalue weighted by molar-refractivity contribution is -0.246. The Bertz CT molecular complexity index is 1310. The molecule has 1 saturated heterocycles. The van der Waals surface area contributed by atoms with E-state index in [-0.39, 0.29) is 12.3 Å². The van der Waals surface area contributed by atoms with Crippen LogP contribution in [0.15, 0.2) is 41.1 Å². The molecule has 0 amide bonds. The molecule has 1 aliphatic heterocycles. The Kier molecular flexibility index (Phi) is 6.81. The standard InChI is InChI=1S/C30H39FNO6PS/c1-26(2)37-24-14-21-20-7-5-17-13-18(32-36-12-10-19-6-8-25(39)40-19)9-11-27(17,3)29(20,31)22(34)15-28(21,4)30(24,38-26)23(35)16-33/h6,8-9,11,13,20-22,24,33-34H,5,7,10,12,14-16,39H2,1-4H3/b32-18+/t20-,21-,22-,24+,27-,28-,29-,30+/m0/s1. The van der Waals surface area contributed by atoms with Gasteiger partial charge in [0.25, 0.3) is 0 Å². The molecule has 3 saturated carbocycles. The Morgan fingerprint density at radius 3 is 2.75 bits per heavy atom. The summed E-state index contributed by atoms with van der Waals surface area (Å²) in [5.41, 5.74) is -3.77. The Morgan fingerprint density at radius 2 is 2.05 bits per heavy atom. The van der Waals surface area contributed by atoms with Gasteiger partial charge >= 0.3 is 0 Å². The van der Waals surface area contributed by atoms with Crippen LogP contribution >= 0.6 is 20.6 Å². The van der Waals surface area contributed by atoms with Gasteiger partial charge < -0.3 is 24.5 Å². The van der Waals surface area contributed by atoms with Crippen molar-refractivity contribution in [2.45, 2.75) is 89.1 Å². The molecular weight excluding hydrogens is 552 g/mol. The largest absolute Gasteiger partial charge is 0.395 e. The number of fused-ring (bicyclic) bond motifs is 7. The summed E-state index contributed by atoms with van der Waals surface area (Å²) < 4.78 is 31.4.